The Morgan fingerprint density at radius 2 is 2.08 bits per heavy atom. The van der Waals surface area contributed by atoms with Gasteiger partial charge in [-0.1, -0.05) is 13.8 Å². The van der Waals surface area contributed by atoms with E-state index >= 15 is 0 Å². The van der Waals surface area contributed by atoms with E-state index in [2.05, 4.69) is 31.1 Å². The predicted octanol–water partition coefficient (Wildman–Crippen LogP) is 2.49. The van der Waals surface area contributed by atoms with Crippen molar-refractivity contribution in [3.05, 3.63) is 16.6 Å². The van der Waals surface area contributed by atoms with Crippen molar-refractivity contribution in [2.24, 2.45) is 5.92 Å². The summed E-state index contributed by atoms with van der Waals surface area (Å²) in [5, 5.41) is 6.60. The smallest absolute Gasteiger partial charge is 0.0973 e. The summed E-state index contributed by atoms with van der Waals surface area (Å²) in [7, 11) is 2.01. The molecule has 1 aromatic heterocycles. The molecule has 74 valence electrons. The first-order chi connectivity index (χ1) is 6.16. The molecular weight excluding hydrogens is 180 g/mol. The van der Waals surface area contributed by atoms with Crippen molar-refractivity contribution in [3.63, 3.8) is 0 Å². The maximum atomic E-state index is 4.39. The summed E-state index contributed by atoms with van der Waals surface area (Å²) >= 11 is 1.75. The van der Waals surface area contributed by atoms with Crippen molar-refractivity contribution >= 4 is 11.3 Å². The minimum absolute atomic E-state index is 0.492. The molecule has 2 nitrogen and oxygen atoms in total. The standard InChI is InChI=1S/C10H18N2S/c1-7(2)9(8(3)11-4)10-12-5-6-13-10/h5-9,11H,1-4H3. The third kappa shape index (κ3) is 2.51. The number of nitrogens with zero attached hydrogens (tertiary/aromatic N) is 1. The second-order valence-electron chi connectivity index (χ2n) is 3.72. The normalized spacial score (nSPS) is 16.1. The Kier molecular flexibility index (Phi) is 3.88. The van der Waals surface area contributed by atoms with Gasteiger partial charge in [-0.05, 0) is 19.9 Å². The van der Waals surface area contributed by atoms with Gasteiger partial charge < -0.3 is 5.32 Å². The van der Waals surface area contributed by atoms with Crippen LogP contribution < -0.4 is 5.32 Å². The second-order valence-corrected chi connectivity index (χ2v) is 4.64. The Balaban J connectivity index is 2.80. The first-order valence-corrected chi connectivity index (χ1v) is 5.61. The third-order valence-electron chi connectivity index (χ3n) is 2.45. The van der Waals surface area contributed by atoms with E-state index in [0.717, 1.165) is 0 Å². The lowest BCUT2D eigenvalue weighted by atomic mass is 9.90. The zero-order valence-corrected chi connectivity index (χ0v) is 9.56. The lowest BCUT2D eigenvalue weighted by molar-refractivity contribution is 0.394. The van der Waals surface area contributed by atoms with E-state index in [-0.39, 0.29) is 0 Å². The highest BCUT2D eigenvalue weighted by Gasteiger charge is 2.23. The van der Waals surface area contributed by atoms with Crippen LogP contribution in [0.3, 0.4) is 0 Å². The van der Waals surface area contributed by atoms with Crippen LogP contribution in [0.1, 0.15) is 31.7 Å². The number of likely N-dealkylation sites (N-methyl/N-ethyl adjacent to an activating group) is 1. The van der Waals surface area contributed by atoms with Crippen LogP contribution in [0.15, 0.2) is 11.6 Å². The quantitative estimate of drug-likeness (QED) is 0.804. The SMILES string of the molecule is CNC(C)C(c1nccs1)C(C)C. The lowest BCUT2D eigenvalue weighted by Gasteiger charge is -2.25. The van der Waals surface area contributed by atoms with Crippen LogP contribution in [0.2, 0.25) is 0 Å². The van der Waals surface area contributed by atoms with Gasteiger partial charge in [0.1, 0.15) is 0 Å². The predicted molar refractivity (Wildman–Crippen MR) is 58.2 cm³/mol. The molecule has 0 fully saturated rings. The van der Waals surface area contributed by atoms with Gasteiger partial charge in [0, 0.05) is 23.5 Å². The Bertz CT molecular complexity index is 231. The molecule has 3 heteroatoms. The average molecular weight is 198 g/mol. The molecular formula is C10H18N2S. The molecule has 0 saturated heterocycles. The molecule has 1 N–H and O–H groups in total. The maximum absolute atomic E-state index is 4.39. The fraction of sp³-hybridized carbons (Fsp3) is 0.700. The van der Waals surface area contributed by atoms with Crippen LogP contribution in [0.4, 0.5) is 0 Å². The number of rotatable bonds is 4. The molecule has 1 rings (SSSR count). The Hall–Kier alpha value is -0.410. The third-order valence-corrected chi connectivity index (χ3v) is 3.33. The van der Waals surface area contributed by atoms with Gasteiger partial charge in [0.15, 0.2) is 0 Å². The fourth-order valence-corrected chi connectivity index (χ4v) is 2.67. The van der Waals surface area contributed by atoms with Gasteiger partial charge in [0.2, 0.25) is 0 Å². The molecule has 0 aliphatic heterocycles. The molecule has 1 aromatic rings. The van der Waals surface area contributed by atoms with Crippen LogP contribution in [0, 0.1) is 5.92 Å². The highest BCUT2D eigenvalue weighted by Crippen LogP contribution is 2.28. The summed E-state index contributed by atoms with van der Waals surface area (Å²) < 4.78 is 0. The van der Waals surface area contributed by atoms with Crippen molar-refractivity contribution in [2.75, 3.05) is 7.05 Å². The fourth-order valence-electron chi connectivity index (χ4n) is 1.66. The molecule has 2 unspecified atom stereocenters. The van der Waals surface area contributed by atoms with Crippen molar-refractivity contribution in [1.82, 2.24) is 10.3 Å². The molecule has 0 radical (unpaired) electrons. The molecule has 13 heavy (non-hydrogen) atoms. The summed E-state index contributed by atoms with van der Waals surface area (Å²) in [6.45, 7) is 6.71. The van der Waals surface area contributed by atoms with Gasteiger partial charge in [-0.2, -0.15) is 0 Å². The van der Waals surface area contributed by atoms with E-state index in [4.69, 9.17) is 0 Å². The van der Waals surface area contributed by atoms with Gasteiger partial charge in [0.25, 0.3) is 0 Å². The Morgan fingerprint density at radius 3 is 2.46 bits per heavy atom. The number of hydrogen-bond donors (Lipinski definition) is 1. The molecule has 0 saturated carbocycles. The van der Waals surface area contributed by atoms with Gasteiger partial charge in [-0.15, -0.1) is 11.3 Å². The molecule has 0 aliphatic carbocycles. The zero-order valence-electron chi connectivity index (χ0n) is 8.74. The monoisotopic (exact) mass is 198 g/mol. The summed E-state index contributed by atoms with van der Waals surface area (Å²) in [6, 6.07) is 0.492. The molecule has 0 aliphatic rings. The number of aromatic nitrogens is 1. The largest absolute Gasteiger partial charge is 0.317 e. The van der Waals surface area contributed by atoms with Crippen molar-refractivity contribution in [3.8, 4) is 0 Å². The lowest BCUT2D eigenvalue weighted by Crippen LogP contribution is -2.31. The van der Waals surface area contributed by atoms with E-state index in [1.807, 2.05) is 18.6 Å². The van der Waals surface area contributed by atoms with Gasteiger partial charge >= 0.3 is 0 Å². The van der Waals surface area contributed by atoms with Gasteiger partial charge in [0.05, 0.1) is 5.01 Å². The van der Waals surface area contributed by atoms with Crippen LogP contribution in [0.25, 0.3) is 0 Å². The van der Waals surface area contributed by atoms with Crippen LogP contribution in [-0.2, 0) is 0 Å². The summed E-state index contributed by atoms with van der Waals surface area (Å²) in [6.07, 6.45) is 1.89. The zero-order chi connectivity index (χ0) is 9.84. The van der Waals surface area contributed by atoms with Gasteiger partial charge in [-0.25, -0.2) is 4.98 Å². The van der Waals surface area contributed by atoms with Crippen LogP contribution in [0.5, 0.6) is 0 Å². The van der Waals surface area contributed by atoms with E-state index in [9.17, 15) is 0 Å². The molecule has 0 spiro atoms. The second kappa shape index (κ2) is 4.72. The van der Waals surface area contributed by atoms with Crippen LogP contribution >= 0.6 is 11.3 Å². The van der Waals surface area contributed by atoms with Crippen LogP contribution in [-0.4, -0.2) is 18.1 Å². The number of nitrogens with one attached hydrogen (secondary N) is 1. The molecule has 0 bridgehead atoms. The minimum Gasteiger partial charge on any atom is -0.317 e. The number of thiazole rings is 1. The van der Waals surface area contributed by atoms with E-state index in [1.165, 1.54) is 5.01 Å². The molecule has 1 heterocycles. The molecule has 0 amide bonds. The van der Waals surface area contributed by atoms with E-state index in [1.54, 1.807) is 11.3 Å². The first kappa shape index (κ1) is 10.7. The maximum Gasteiger partial charge on any atom is 0.0973 e. The Morgan fingerprint density at radius 1 is 1.38 bits per heavy atom. The average Bonchev–Trinajstić information content (AvgIpc) is 2.56. The highest BCUT2D eigenvalue weighted by molar-refractivity contribution is 7.09. The minimum atomic E-state index is 0.492. The van der Waals surface area contributed by atoms with Crippen molar-refractivity contribution < 1.29 is 0 Å². The first-order valence-electron chi connectivity index (χ1n) is 4.73. The van der Waals surface area contributed by atoms with E-state index < -0.39 is 0 Å². The van der Waals surface area contributed by atoms with E-state index in [0.29, 0.717) is 17.9 Å². The van der Waals surface area contributed by atoms with Gasteiger partial charge in [-0.3, -0.25) is 0 Å². The summed E-state index contributed by atoms with van der Waals surface area (Å²) in [4.78, 5) is 4.39. The molecule has 2 atom stereocenters. The summed E-state index contributed by atoms with van der Waals surface area (Å²) in [5.41, 5.74) is 0. The Labute approximate surface area is 84.4 Å². The van der Waals surface area contributed by atoms with Crippen molar-refractivity contribution in [1.29, 1.82) is 0 Å². The highest BCUT2D eigenvalue weighted by atomic mass is 32.1. The van der Waals surface area contributed by atoms with Crippen molar-refractivity contribution in [2.45, 2.75) is 32.7 Å². The molecule has 0 aromatic carbocycles. The number of hydrogen-bond acceptors (Lipinski definition) is 3. The topological polar surface area (TPSA) is 24.9 Å². The summed E-state index contributed by atoms with van der Waals surface area (Å²) in [5.74, 6) is 1.17.